The van der Waals surface area contributed by atoms with E-state index in [0.717, 1.165) is 5.56 Å². The predicted octanol–water partition coefficient (Wildman–Crippen LogP) is 0.918. The molecule has 0 spiro atoms. The molecule has 148 valence electrons. The number of nitrogens with one attached hydrogen (secondary N) is 1. The number of nitrogens with zero attached hydrogens (tertiary/aromatic N) is 2. The SMILES string of the molecule is Cc1ccccc1OCC(=O)Nc1cc(C(=O)N2CC[C@H](O)C2)cn(C)c1=O. The highest BCUT2D eigenvalue weighted by molar-refractivity contribution is 5.97. The van der Waals surface area contributed by atoms with Crippen LogP contribution in [0, 0.1) is 6.92 Å². The number of likely N-dealkylation sites (tertiary alicyclic amines) is 1. The van der Waals surface area contributed by atoms with E-state index in [9.17, 15) is 19.5 Å². The van der Waals surface area contributed by atoms with Crippen molar-refractivity contribution in [3.05, 3.63) is 58.0 Å². The fourth-order valence-electron chi connectivity index (χ4n) is 3.08. The first kappa shape index (κ1) is 19.6. The molecule has 1 fully saturated rings. The molecule has 8 nitrogen and oxygen atoms in total. The third-order valence-corrected chi connectivity index (χ3v) is 4.61. The van der Waals surface area contributed by atoms with Crippen LogP contribution in [0.5, 0.6) is 5.75 Å². The molecule has 0 aliphatic carbocycles. The Bertz CT molecular complexity index is 953. The van der Waals surface area contributed by atoms with Gasteiger partial charge in [0.05, 0.1) is 11.7 Å². The number of ether oxygens (including phenoxy) is 1. The van der Waals surface area contributed by atoms with E-state index in [-0.39, 0.29) is 30.3 Å². The maximum absolute atomic E-state index is 12.6. The lowest BCUT2D eigenvalue weighted by atomic mass is 10.2. The van der Waals surface area contributed by atoms with E-state index < -0.39 is 17.6 Å². The van der Waals surface area contributed by atoms with Gasteiger partial charge in [-0.25, -0.2) is 0 Å². The lowest BCUT2D eigenvalue weighted by molar-refractivity contribution is -0.118. The number of amides is 2. The number of aromatic nitrogens is 1. The maximum atomic E-state index is 12.6. The van der Waals surface area contributed by atoms with Gasteiger partial charge in [-0.1, -0.05) is 18.2 Å². The van der Waals surface area contributed by atoms with Crippen molar-refractivity contribution in [2.75, 3.05) is 25.0 Å². The molecule has 28 heavy (non-hydrogen) atoms. The monoisotopic (exact) mass is 385 g/mol. The van der Waals surface area contributed by atoms with Crippen LogP contribution in [0.3, 0.4) is 0 Å². The highest BCUT2D eigenvalue weighted by Gasteiger charge is 2.26. The summed E-state index contributed by atoms with van der Waals surface area (Å²) >= 11 is 0. The average Bonchev–Trinajstić information content (AvgIpc) is 3.10. The minimum atomic E-state index is -0.533. The molecule has 0 bridgehead atoms. The van der Waals surface area contributed by atoms with Gasteiger partial charge in [-0.3, -0.25) is 14.4 Å². The molecule has 1 aliphatic rings. The zero-order valence-electron chi connectivity index (χ0n) is 15.8. The van der Waals surface area contributed by atoms with Crippen LogP contribution in [0.15, 0.2) is 41.3 Å². The summed E-state index contributed by atoms with van der Waals surface area (Å²) in [5.41, 5.74) is 0.742. The number of carbonyl (C=O) groups excluding carboxylic acids is 2. The number of pyridine rings is 1. The number of rotatable bonds is 5. The number of aliphatic hydroxyl groups excluding tert-OH is 1. The van der Waals surface area contributed by atoms with Gasteiger partial charge in [-0.2, -0.15) is 0 Å². The van der Waals surface area contributed by atoms with Crippen molar-refractivity contribution in [2.24, 2.45) is 7.05 Å². The molecule has 3 rings (SSSR count). The van der Waals surface area contributed by atoms with E-state index in [1.54, 1.807) is 12.1 Å². The van der Waals surface area contributed by atoms with Crippen LogP contribution in [0.2, 0.25) is 0 Å². The van der Waals surface area contributed by atoms with Crippen molar-refractivity contribution >= 4 is 17.5 Å². The Labute approximate surface area is 162 Å². The largest absolute Gasteiger partial charge is 0.483 e. The van der Waals surface area contributed by atoms with E-state index in [4.69, 9.17) is 4.74 Å². The van der Waals surface area contributed by atoms with Gasteiger partial charge in [0.2, 0.25) is 0 Å². The zero-order chi connectivity index (χ0) is 20.3. The van der Waals surface area contributed by atoms with Crippen LogP contribution >= 0.6 is 0 Å². The molecular weight excluding hydrogens is 362 g/mol. The molecule has 1 saturated heterocycles. The highest BCUT2D eigenvalue weighted by atomic mass is 16.5. The maximum Gasteiger partial charge on any atom is 0.274 e. The van der Waals surface area contributed by atoms with Gasteiger partial charge in [-0.05, 0) is 31.0 Å². The second-order valence-corrected chi connectivity index (χ2v) is 6.85. The minimum absolute atomic E-state index is 0.00600. The molecule has 0 radical (unpaired) electrons. The second-order valence-electron chi connectivity index (χ2n) is 6.85. The number of anilines is 1. The Morgan fingerprint density at radius 3 is 2.75 bits per heavy atom. The van der Waals surface area contributed by atoms with Crippen molar-refractivity contribution in [1.29, 1.82) is 0 Å². The Balaban J connectivity index is 1.71. The average molecular weight is 385 g/mol. The van der Waals surface area contributed by atoms with Crippen LogP contribution in [-0.4, -0.2) is 52.2 Å². The number of aliphatic hydroxyl groups is 1. The van der Waals surface area contributed by atoms with Crippen molar-refractivity contribution in [3.63, 3.8) is 0 Å². The molecule has 2 N–H and O–H groups in total. The first-order valence-electron chi connectivity index (χ1n) is 9.01. The summed E-state index contributed by atoms with van der Waals surface area (Å²) in [6, 6.07) is 8.66. The van der Waals surface area contributed by atoms with E-state index in [0.29, 0.717) is 18.7 Å². The Kier molecular flexibility index (Phi) is 5.79. The minimum Gasteiger partial charge on any atom is -0.483 e. The number of para-hydroxylation sites is 1. The van der Waals surface area contributed by atoms with Gasteiger partial charge < -0.3 is 24.6 Å². The number of carbonyl (C=O) groups is 2. The normalized spacial score (nSPS) is 16.1. The molecular formula is C20H23N3O5. The van der Waals surface area contributed by atoms with Crippen molar-refractivity contribution in [1.82, 2.24) is 9.47 Å². The fourth-order valence-corrected chi connectivity index (χ4v) is 3.08. The van der Waals surface area contributed by atoms with Crippen LogP contribution < -0.4 is 15.6 Å². The van der Waals surface area contributed by atoms with E-state index >= 15 is 0 Å². The number of β-amino-alcohol motifs (C(OH)–C–C–N with tert-alkyl or cyclic N) is 1. The molecule has 1 aromatic carbocycles. The Morgan fingerprint density at radius 1 is 1.32 bits per heavy atom. The van der Waals surface area contributed by atoms with Crippen LogP contribution in [0.25, 0.3) is 0 Å². The van der Waals surface area contributed by atoms with Crippen molar-refractivity contribution in [2.45, 2.75) is 19.4 Å². The number of aryl methyl sites for hydroxylation is 2. The summed E-state index contributed by atoms with van der Waals surface area (Å²) in [6.07, 6.45) is 1.42. The smallest absolute Gasteiger partial charge is 0.274 e. The number of benzene rings is 1. The lowest BCUT2D eigenvalue weighted by Gasteiger charge is -2.17. The first-order valence-corrected chi connectivity index (χ1v) is 9.01. The molecule has 1 atom stereocenters. The van der Waals surface area contributed by atoms with Gasteiger partial charge in [0.15, 0.2) is 6.61 Å². The molecule has 8 heteroatoms. The van der Waals surface area contributed by atoms with Gasteiger partial charge in [0, 0.05) is 26.3 Å². The van der Waals surface area contributed by atoms with E-state index in [1.165, 1.54) is 28.8 Å². The highest BCUT2D eigenvalue weighted by Crippen LogP contribution is 2.17. The molecule has 0 unspecified atom stereocenters. The molecule has 1 aromatic heterocycles. The standard InChI is InChI=1S/C20H23N3O5/c1-13-5-3-4-6-17(13)28-12-18(25)21-16-9-14(10-22(2)20(16)27)19(26)23-8-7-15(24)11-23/h3-6,9-10,15,24H,7-8,11-12H2,1-2H3,(H,21,25)/t15-/m0/s1. The summed E-state index contributed by atoms with van der Waals surface area (Å²) in [6.45, 7) is 2.32. The van der Waals surface area contributed by atoms with Gasteiger partial charge in [-0.15, -0.1) is 0 Å². The van der Waals surface area contributed by atoms with Crippen LogP contribution in [0.4, 0.5) is 5.69 Å². The number of hydrogen-bond donors (Lipinski definition) is 2. The third kappa shape index (κ3) is 4.40. The lowest BCUT2D eigenvalue weighted by Crippen LogP contribution is -2.32. The van der Waals surface area contributed by atoms with Gasteiger partial charge in [0.1, 0.15) is 11.4 Å². The predicted molar refractivity (Wildman–Crippen MR) is 104 cm³/mol. The van der Waals surface area contributed by atoms with E-state index in [2.05, 4.69) is 5.32 Å². The zero-order valence-corrected chi connectivity index (χ0v) is 15.8. The second kappa shape index (κ2) is 8.26. The summed E-state index contributed by atoms with van der Waals surface area (Å²) in [5.74, 6) is -0.206. The molecule has 0 saturated carbocycles. The van der Waals surface area contributed by atoms with Gasteiger partial charge in [0.25, 0.3) is 17.4 Å². The number of hydrogen-bond acceptors (Lipinski definition) is 5. The van der Waals surface area contributed by atoms with Crippen molar-refractivity contribution < 1.29 is 19.4 Å². The first-order chi connectivity index (χ1) is 13.3. The van der Waals surface area contributed by atoms with Crippen molar-refractivity contribution in [3.8, 4) is 5.75 Å². The molecule has 1 aliphatic heterocycles. The third-order valence-electron chi connectivity index (χ3n) is 4.61. The Morgan fingerprint density at radius 2 is 2.07 bits per heavy atom. The quantitative estimate of drug-likeness (QED) is 0.797. The van der Waals surface area contributed by atoms with Crippen LogP contribution in [0.1, 0.15) is 22.3 Å². The fraction of sp³-hybridized carbons (Fsp3) is 0.350. The molecule has 2 heterocycles. The van der Waals surface area contributed by atoms with Crippen LogP contribution in [-0.2, 0) is 11.8 Å². The van der Waals surface area contributed by atoms with Gasteiger partial charge >= 0.3 is 0 Å². The molecule has 2 amide bonds. The topological polar surface area (TPSA) is 101 Å². The van der Waals surface area contributed by atoms with E-state index in [1.807, 2.05) is 19.1 Å². The summed E-state index contributed by atoms with van der Waals surface area (Å²) < 4.78 is 6.74. The summed E-state index contributed by atoms with van der Waals surface area (Å²) in [5, 5.41) is 12.1. The Hall–Kier alpha value is -3.13. The molecule has 2 aromatic rings. The summed E-state index contributed by atoms with van der Waals surface area (Å²) in [4.78, 5) is 38.7. The summed E-state index contributed by atoms with van der Waals surface area (Å²) in [7, 11) is 1.51.